The Morgan fingerprint density at radius 3 is 2.39 bits per heavy atom. The van der Waals surface area contributed by atoms with Gasteiger partial charge in [-0.2, -0.15) is 0 Å². The summed E-state index contributed by atoms with van der Waals surface area (Å²) in [6.45, 7) is 6.26. The molecule has 28 heavy (non-hydrogen) atoms. The molecule has 0 saturated carbocycles. The second-order valence-corrected chi connectivity index (χ2v) is 9.45. The fraction of sp³-hybridized carbons (Fsp3) is 0.333. The maximum Gasteiger partial charge on any atom is 0.232 e. The zero-order chi connectivity index (χ0) is 20.1. The molecule has 0 radical (unpaired) electrons. The van der Waals surface area contributed by atoms with E-state index in [1.54, 1.807) is 4.90 Å². The number of hydrogen-bond donors (Lipinski definition) is 0. The van der Waals surface area contributed by atoms with Gasteiger partial charge in [-0.3, -0.25) is 14.5 Å². The molecule has 1 atom stereocenters. The van der Waals surface area contributed by atoms with Crippen LogP contribution in [0.15, 0.2) is 64.3 Å². The minimum Gasteiger partial charge on any atom is -0.294 e. The van der Waals surface area contributed by atoms with E-state index < -0.39 is 0 Å². The minimum absolute atomic E-state index is 0.0457. The molecule has 0 fully saturated rings. The van der Waals surface area contributed by atoms with E-state index in [9.17, 15) is 9.59 Å². The van der Waals surface area contributed by atoms with Crippen LogP contribution in [0.2, 0.25) is 0 Å². The number of nitrogens with zero attached hydrogens (tertiary/aromatic N) is 1. The second kappa shape index (κ2) is 7.00. The average molecular weight is 438 g/mol. The van der Waals surface area contributed by atoms with Gasteiger partial charge in [-0.15, -0.1) is 0 Å². The number of carbonyl (C=O) groups excluding carboxylic acids is 2. The van der Waals surface area contributed by atoms with E-state index in [1.807, 2.05) is 36.4 Å². The Morgan fingerprint density at radius 1 is 1.00 bits per heavy atom. The van der Waals surface area contributed by atoms with Crippen LogP contribution in [-0.2, 0) is 9.59 Å². The smallest absolute Gasteiger partial charge is 0.232 e. The number of ketones is 1. The van der Waals surface area contributed by atoms with Crippen LogP contribution in [0.5, 0.6) is 0 Å². The highest BCUT2D eigenvalue weighted by molar-refractivity contribution is 9.10. The van der Waals surface area contributed by atoms with Gasteiger partial charge in [0.25, 0.3) is 0 Å². The third kappa shape index (κ3) is 3.24. The molecule has 0 N–H and O–H groups in total. The Hall–Kier alpha value is -2.20. The van der Waals surface area contributed by atoms with Gasteiger partial charge < -0.3 is 0 Å². The molecule has 2 aromatic rings. The lowest BCUT2D eigenvalue weighted by Crippen LogP contribution is -2.44. The summed E-state index contributed by atoms with van der Waals surface area (Å²) in [5.74, 6) is 0.0551. The highest BCUT2D eigenvalue weighted by Crippen LogP contribution is 2.49. The maximum atomic E-state index is 13.4. The molecule has 1 aliphatic carbocycles. The first-order valence-electron chi connectivity index (χ1n) is 9.68. The van der Waals surface area contributed by atoms with E-state index in [4.69, 9.17) is 0 Å². The largest absolute Gasteiger partial charge is 0.294 e. The quantitative estimate of drug-likeness (QED) is 0.584. The van der Waals surface area contributed by atoms with E-state index in [2.05, 4.69) is 48.8 Å². The van der Waals surface area contributed by atoms with Crippen molar-refractivity contribution in [2.24, 2.45) is 5.41 Å². The Kier molecular flexibility index (Phi) is 4.78. The molecular formula is C24H24BrNO2. The molecule has 4 heteroatoms. The molecule has 144 valence electrons. The van der Waals surface area contributed by atoms with Crippen molar-refractivity contribution in [2.45, 2.75) is 46.0 Å². The number of allylic oxidation sites excluding steroid dienone is 2. The van der Waals surface area contributed by atoms with Crippen molar-refractivity contribution in [2.75, 3.05) is 4.90 Å². The number of amides is 1. The van der Waals surface area contributed by atoms with Gasteiger partial charge in [0, 0.05) is 34.5 Å². The summed E-state index contributed by atoms with van der Waals surface area (Å²) < 4.78 is 0.861. The fourth-order valence-electron chi connectivity index (χ4n) is 4.57. The normalized spacial score (nSPS) is 21.7. The highest BCUT2D eigenvalue weighted by atomic mass is 79.9. The van der Waals surface area contributed by atoms with Crippen LogP contribution in [0.1, 0.15) is 50.2 Å². The second-order valence-electron chi connectivity index (χ2n) is 8.60. The molecule has 2 aliphatic rings. The maximum absolute atomic E-state index is 13.4. The zero-order valence-electron chi connectivity index (χ0n) is 16.5. The summed E-state index contributed by atoms with van der Waals surface area (Å²) in [5.41, 5.74) is 4.56. The van der Waals surface area contributed by atoms with Crippen LogP contribution >= 0.6 is 15.9 Å². The van der Waals surface area contributed by atoms with Crippen LogP contribution in [0, 0.1) is 12.3 Å². The number of para-hydroxylation sites is 1. The Morgan fingerprint density at radius 2 is 1.68 bits per heavy atom. The molecule has 0 bridgehead atoms. The van der Waals surface area contributed by atoms with Gasteiger partial charge in [0.1, 0.15) is 0 Å². The molecule has 0 saturated heterocycles. The first-order valence-corrected chi connectivity index (χ1v) is 10.5. The number of carbonyl (C=O) groups is 2. The summed E-state index contributed by atoms with van der Waals surface area (Å²) in [6.07, 6.45) is 1.55. The fourth-order valence-corrected chi connectivity index (χ4v) is 5.03. The SMILES string of the molecule is Cc1ccccc1C1CC(=O)N(c2ccccc2Br)C2=C1C(=O)CC(C)(C)C2. The van der Waals surface area contributed by atoms with Gasteiger partial charge in [-0.05, 0) is 57.9 Å². The van der Waals surface area contributed by atoms with Crippen LogP contribution < -0.4 is 4.90 Å². The van der Waals surface area contributed by atoms with Crippen LogP contribution in [0.3, 0.4) is 0 Å². The Balaban J connectivity index is 1.94. The number of benzene rings is 2. The molecular weight excluding hydrogens is 414 g/mol. The van der Waals surface area contributed by atoms with E-state index >= 15 is 0 Å². The number of rotatable bonds is 2. The van der Waals surface area contributed by atoms with Crippen molar-refractivity contribution in [1.29, 1.82) is 0 Å². The predicted octanol–water partition coefficient (Wildman–Crippen LogP) is 5.92. The summed E-state index contributed by atoms with van der Waals surface area (Å²) in [6, 6.07) is 15.8. The van der Waals surface area contributed by atoms with Crippen molar-refractivity contribution in [1.82, 2.24) is 0 Å². The molecule has 1 aliphatic heterocycles. The number of halogens is 1. The third-order valence-electron chi connectivity index (χ3n) is 5.80. The Labute approximate surface area is 174 Å². The molecule has 0 spiro atoms. The molecule has 1 unspecified atom stereocenters. The average Bonchev–Trinajstić information content (AvgIpc) is 2.61. The van der Waals surface area contributed by atoms with Crippen molar-refractivity contribution >= 4 is 33.3 Å². The molecule has 0 aromatic heterocycles. The van der Waals surface area contributed by atoms with E-state index in [0.717, 1.165) is 32.6 Å². The standard InChI is InChI=1S/C24H24BrNO2/c1-15-8-4-5-9-16(15)17-12-22(28)26(19-11-7-6-10-18(19)25)20-13-24(2,3)14-21(27)23(17)20/h4-11,17H,12-14H2,1-3H3. The summed E-state index contributed by atoms with van der Waals surface area (Å²) >= 11 is 3.59. The zero-order valence-corrected chi connectivity index (χ0v) is 18.0. The summed E-state index contributed by atoms with van der Waals surface area (Å²) in [5, 5.41) is 0. The molecule has 1 heterocycles. The lowest BCUT2D eigenvalue weighted by atomic mass is 9.69. The van der Waals surface area contributed by atoms with Gasteiger partial charge in [0.05, 0.1) is 5.69 Å². The molecule has 4 rings (SSSR count). The van der Waals surface area contributed by atoms with Crippen LogP contribution in [0.4, 0.5) is 5.69 Å². The third-order valence-corrected chi connectivity index (χ3v) is 6.47. The van der Waals surface area contributed by atoms with Gasteiger partial charge in [-0.1, -0.05) is 50.2 Å². The summed E-state index contributed by atoms with van der Waals surface area (Å²) in [4.78, 5) is 28.5. The first-order chi connectivity index (χ1) is 13.3. The van der Waals surface area contributed by atoms with Crippen molar-refractivity contribution < 1.29 is 9.59 Å². The summed E-state index contributed by atoms with van der Waals surface area (Å²) in [7, 11) is 0. The van der Waals surface area contributed by atoms with E-state index in [1.165, 1.54) is 0 Å². The van der Waals surface area contributed by atoms with Crippen molar-refractivity contribution in [3.63, 3.8) is 0 Å². The number of Topliss-reactive ketones (excluding diaryl/α,β-unsaturated/α-hetero) is 1. The van der Waals surface area contributed by atoms with Gasteiger partial charge in [-0.25, -0.2) is 0 Å². The number of hydrogen-bond acceptors (Lipinski definition) is 2. The predicted molar refractivity (Wildman–Crippen MR) is 115 cm³/mol. The minimum atomic E-state index is -0.163. The molecule has 1 amide bonds. The monoisotopic (exact) mass is 437 g/mol. The highest BCUT2D eigenvalue weighted by Gasteiger charge is 2.44. The topological polar surface area (TPSA) is 37.4 Å². The van der Waals surface area contributed by atoms with Gasteiger partial charge in [0.15, 0.2) is 5.78 Å². The molecule has 2 aromatic carbocycles. The first kappa shape index (κ1) is 19.1. The lowest BCUT2D eigenvalue weighted by molar-refractivity contribution is -0.121. The number of anilines is 1. The van der Waals surface area contributed by atoms with E-state index in [-0.39, 0.29) is 23.0 Å². The van der Waals surface area contributed by atoms with Crippen molar-refractivity contribution in [3.05, 3.63) is 75.4 Å². The van der Waals surface area contributed by atoms with Gasteiger partial charge in [0.2, 0.25) is 5.91 Å². The van der Waals surface area contributed by atoms with E-state index in [0.29, 0.717) is 19.3 Å². The Bertz CT molecular complexity index is 1010. The lowest BCUT2D eigenvalue weighted by Gasteiger charge is -2.43. The van der Waals surface area contributed by atoms with Crippen LogP contribution in [0.25, 0.3) is 0 Å². The van der Waals surface area contributed by atoms with Crippen molar-refractivity contribution in [3.8, 4) is 0 Å². The number of aryl methyl sites for hydroxylation is 1. The van der Waals surface area contributed by atoms with Gasteiger partial charge >= 0.3 is 0 Å². The van der Waals surface area contributed by atoms with Crippen LogP contribution in [-0.4, -0.2) is 11.7 Å². The molecule has 3 nitrogen and oxygen atoms in total.